The van der Waals surface area contributed by atoms with Crippen molar-refractivity contribution in [1.29, 1.82) is 0 Å². The first-order valence-electron chi connectivity index (χ1n) is 5.33. The zero-order valence-corrected chi connectivity index (χ0v) is 11.0. The van der Waals surface area contributed by atoms with Crippen LogP contribution in [-0.4, -0.2) is 23.9 Å². The number of hydrogen-bond donors (Lipinski definition) is 0. The van der Waals surface area contributed by atoms with Crippen LogP contribution in [0.2, 0.25) is 0 Å². The minimum absolute atomic E-state index is 0.0466. The predicted molar refractivity (Wildman–Crippen MR) is 65.5 cm³/mol. The fraction of sp³-hybridized carbons (Fsp3) is 0.364. The number of nitro benzene ring substituents is 1. The lowest BCUT2D eigenvalue weighted by molar-refractivity contribution is -0.385. The third kappa shape index (κ3) is 4.30. The Morgan fingerprint density at radius 1 is 1.50 bits per heavy atom. The minimum Gasteiger partial charge on any atom is -0.493 e. The molecule has 0 N–H and O–H groups in total. The normalized spacial score (nSPS) is 10.4. The average Bonchev–Trinajstić information content (AvgIpc) is 2.36. The van der Waals surface area contributed by atoms with E-state index in [9.17, 15) is 23.7 Å². The van der Waals surface area contributed by atoms with E-state index in [2.05, 4.69) is 4.74 Å². The van der Waals surface area contributed by atoms with Crippen LogP contribution in [0.4, 0.5) is 14.5 Å². The first kappa shape index (κ1) is 16.1. The molecule has 0 spiro atoms. The van der Waals surface area contributed by atoms with Crippen LogP contribution in [0.15, 0.2) is 12.1 Å². The smallest absolute Gasteiger partial charge is 0.387 e. The summed E-state index contributed by atoms with van der Waals surface area (Å²) in [6.07, 6.45) is -0.256. The van der Waals surface area contributed by atoms with E-state index in [0.717, 1.165) is 19.2 Å². The van der Waals surface area contributed by atoms with Gasteiger partial charge in [0.05, 0.1) is 18.1 Å². The van der Waals surface area contributed by atoms with Gasteiger partial charge in [0.15, 0.2) is 11.5 Å². The lowest BCUT2D eigenvalue weighted by atomic mass is 10.1. The quantitative estimate of drug-likeness (QED) is 0.439. The minimum atomic E-state index is -3.13. The standard InChI is InChI=1S/C11H10ClF2NO5/c1-19-8-5-7(15(17)18)4-6(2-3-9(12)16)10(8)20-11(13)14/h4-5,11H,2-3H2,1H3. The van der Waals surface area contributed by atoms with Gasteiger partial charge in [-0.25, -0.2) is 0 Å². The molecular formula is C11H10ClF2NO5. The number of non-ortho nitro benzene ring substituents is 1. The molecular weight excluding hydrogens is 300 g/mol. The van der Waals surface area contributed by atoms with Crippen LogP contribution in [0.1, 0.15) is 12.0 Å². The molecule has 0 aliphatic rings. The second kappa shape index (κ2) is 6.99. The monoisotopic (exact) mass is 309 g/mol. The third-order valence-corrected chi connectivity index (χ3v) is 2.53. The highest BCUT2D eigenvalue weighted by Crippen LogP contribution is 2.37. The van der Waals surface area contributed by atoms with Gasteiger partial charge >= 0.3 is 6.61 Å². The molecule has 1 rings (SSSR count). The molecule has 0 saturated carbocycles. The lowest BCUT2D eigenvalue weighted by Crippen LogP contribution is -2.07. The molecule has 0 aromatic heterocycles. The third-order valence-electron chi connectivity index (χ3n) is 2.35. The fourth-order valence-electron chi connectivity index (χ4n) is 1.54. The van der Waals surface area contributed by atoms with Crippen LogP contribution in [0.3, 0.4) is 0 Å². The van der Waals surface area contributed by atoms with Crippen molar-refractivity contribution in [2.24, 2.45) is 0 Å². The van der Waals surface area contributed by atoms with Crippen molar-refractivity contribution in [3.05, 3.63) is 27.8 Å². The van der Waals surface area contributed by atoms with Gasteiger partial charge in [0, 0.05) is 18.1 Å². The molecule has 20 heavy (non-hydrogen) atoms. The van der Waals surface area contributed by atoms with Crippen molar-refractivity contribution in [3.8, 4) is 11.5 Å². The maximum atomic E-state index is 12.4. The van der Waals surface area contributed by atoms with Crippen LogP contribution < -0.4 is 9.47 Å². The summed E-state index contributed by atoms with van der Waals surface area (Å²) in [6, 6.07) is 2.00. The number of nitro groups is 1. The Labute approximate surface area is 117 Å². The number of rotatable bonds is 7. The summed E-state index contributed by atoms with van der Waals surface area (Å²) in [5, 5.41) is 10.1. The first-order chi connectivity index (χ1) is 9.35. The number of hydrogen-bond acceptors (Lipinski definition) is 5. The number of alkyl halides is 2. The van der Waals surface area contributed by atoms with Gasteiger partial charge in [-0.15, -0.1) is 0 Å². The maximum Gasteiger partial charge on any atom is 0.387 e. The molecule has 0 unspecified atom stereocenters. The van der Waals surface area contributed by atoms with E-state index in [1.54, 1.807) is 0 Å². The SMILES string of the molecule is COc1cc([N+](=O)[O-])cc(CCC(=O)Cl)c1OC(F)F. The average molecular weight is 310 g/mol. The number of aryl methyl sites for hydroxylation is 1. The number of nitrogens with zero attached hydrogens (tertiary/aromatic N) is 1. The Hall–Kier alpha value is -1.96. The van der Waals surface area contributed by atoms with Crippen LogP contribution in [0.5, 0.6) is 11.5 Å². The van der Waals surface area contributed by atoms with Crippen LogP contribution in [-0.2, 0) is 11.2 Å². The molecule has 110 valence electrons. The zero-order chi connectivity index (χ0) is 15.3. The van der Waals surface area contributed by atoms with Gasteiger partial charge in [-0.05, 0) is 18.0 Å². The highest BCUT2D eigenvalue weighted by atomic mass is 35.5. The van der Waals surface area contributed by atoms with E-state index in [1.165, 1.54) is 0 Å². The van der Waals surface area contributed by atoms with Gasteiger partial charge in [-0.2, -0.15) is 8.78 Å². The summed E-state index contributed by atoms with van der Waals surface area (Å²) in [5.41, 5.74) is -0.314. The van der Waals surface area contributed by atoms with E-state index >= 15 is 0 Å². The van der Waals surface area contributed by atoms with E-state index < -0.39 is 16.8 Å². The number of benzene rings is 1. The van der Waals surface area contributed by atoms with Gasteiger partial charge in [-0.3, -0.25) is 14.9 Å². The molecule has 0 amide bonds. The first-order valence-corrected chi connectivity index (χ1v) is 5.71. The Bertz CT molecular complexity index is 524. The van der Waals surface area contributed by atoms with E-state index in [1.807, 2.05) is 0 Å². The molecule has 0 aliphatic heterocycles. The molecule has 0 aliphatic carbocycles. The summed E-state index contributed by atoms with van der Waals surface area (Å²) in [5.74, 6) is -0.553. The summed E-state index contributed by atoms with van der Waals surface area (Å²) < 4.78 is 33.8. The predicted octanol–water partition coefficient (Wildman–Crippen LogP) is 2.90. The molecule has 1 aromatic rings. The van der Waals surface area contributed by atoms with Crippen molar-refractivity contribution in [1.82, 2.24) is 0 Å². The van der Waals surface area contributed by atoms with Crippen molar-refractivity contribution in [2.45, 2.75) is 19.5 Å². The largest absolute Gasteiger partial charge is 0.493 e. The highest BCUT2D eigenvalue weighted by Gasteiger charge is 2.21. The number of carbonyl (C=O) groups excluding carboxylic acids is 1. The molecule has 1 aromatic carbocycles. The van der Waals surface area contributed by atoms with Crippen molar-refractivity contribution in [3.63, 3.8) is 0 Å². The number of halogens is 3. The molecule has 0 saturated heterocycles. The summed E-state index contributed by atoms with van der Waals surface area (Å²) in [6.45, 7) is -3.13. The van der Waals surface area contributed by atoms with Crippen LogP contribution in [0.25, 0.3) is 0 Å². The van der Waals surface area contributed by atoms with Gasteiger partial charge < -0.3 is 9.47 Å². The lowest BCUT2D eigenvalue weighted by Gasteiger charge is -2.14. The van der Waals surface area contributed by atoms with Crippen molar-refractivity contribution < 1.29 is 28.0 Å². The number of methoxy groups -OCH3 is 1. The topological polar surface area (TPSA) is 78.7 Å². The van der Waals surface area contributed by atoms with Gasteiger partial charge in [0.1, 0.15) is 0 Å². The number of ether oxygens (including phenoxy) is 2. The van der Waals surface area contributed by atoms with E-state index in [0.29, 0.717) is 0 Å². The summed E-state index contributed by atoms with van der Waals surface area (Å²) >= 11 is 5.17. The van der Waals surface area contributed by atoms with Crippen molar-refractivity contribution >= 4 is 22.5 Å². The number of carbonyl (C=O) groups is 1. The molecule has 0 heterocycles. The molecule has 0 radical (unpaired) electrons. The summed E-state index contributed by atoms with van der Waals surface area (Å²) in [4.78, 5) is 20.8. The van der Waals surface area contributed by atoms with Crippen LogP contribution in [0, 0.1) is 10.1 Å². The zero-order valence-electron chi connectivity index (χ0n) is 10.3. The van der Waals surface area contributed by atoms with Gasteiger partial charge in [0.2, 0.25) is 5.24 Å². The Kier molecular flexibility index (Phi) is 5.63. The highest BCUT2D eigenvalue weighted by molar-refractivity contribution is 6.63. The molecule has 0 atom stereocenters. The maximum absolute atomic E-state index is 12.4. The Morgan fingerprint density at radius 2 is 2.15 bits per heavy atom. The molecule has 6 nitrogen and oxygen atoms in total. The second-order valence-electron chi connectivity index (χ2n) is 3.63. The molecule has 9 heteroatoms. The second-order valence-corrected chi connectivity index (χ2v) is 4.05. The Morgan fingerprint density at radius 3 is 2.60 bits per heavy atom. The van der Waals surface area contributed by atoms with E-state index in [-0.39, 0.29) is 35.6 Å². The molecule has 0 bridgehead atoms. The summed E-state index contributed by atoms with van der Waals surface area (Å²) in [7, 11) is 1.16. The van der Waals surface area contributed by atoms with Crippen molar-refractivity contribution in [2.75, 3.05) is 7.11 Å². The van der Waals surface area contributed by atoms with Crippen LogP contribution >= 0.6 is 11.6 Å². The fourth-order valence-corrected chi connectivity index (χ4v) is 1.64. The Balaban J connectivity index is 3.27. The van der Waals surface area contributed by atoms with Gasteiger partial charge in [0.25, 0.3) is 5.69 Å². The molecule has 0 fully saturated rings. The van der Waals surface area contributed by atoms with Gasteiger partial charge in [-0.1, -0.05) is 0 Å². The van der Waals surface area contributed by atoms with E-state index in [4.69, 9.17) is 16.3 Å².